The molecular weight excluding hydrogens is 310 g/mol. The minimum absolute atomic E-state index is 0.313. The fourth-order valence-corrected chi connectivity index (χ4v) is 3.04. The van der Waals surface area contributed by atoms with Crippen molar-refractivity contribution in [2.45, 2.75) is 40.3 Å². The number of ether oxygens (including phenoxy) is 1. The van der Waals surface area contributed by atoms with Crippen molar-refractivity contribution in [2.24, 2.45) is 5.92 Å². The van der Waals surface area contributed by atoms with E-state index in [2.05, 4.69) is 49.9 Å². The SMILES string of the molecule is Cc1cccc(CN(CC(C)C)C[C@H](O)COc2ccccc2C)c1. The van der Waals surface area contributed by atoms with Crippen molar-refractivity contribution >= 4 is 0 Å². The molecule has 2 aromatic carbocycles. The third-order valence-corrected chi connectivity index (χ3v) is 4.11. The van der Waals surface area contributed by atoms with Gasteiger partial charge >= 0.3 is 0 Å². The zero-order chi connectivity index (χ0) is 18.2. The highest BCUT2D eigenvalue weighted by Gasteiger charge is 2.15. The Morgan fingerprint density at radius 1 is 1.00 bits per heavy atom. The molecule has 0 bridgehead atoms. The summed E-state index contributed by atoms with van der Waals surface area (Å²) in [6, 6.07) is 16.5. The molecule has 1 N–H and O–H groups in total. The summed E-state index contributed by atoms with van der Waals surface area (Å²) in [5.41, 5.74) is 3.65. The van der Waals surface area contributed by atoms with Gasteiger partial charge < -0.3 is 9.84 Å². The first-order valence-electron chi connectivity index (χ1n) is 9.08. The first-order valence-corrected chi connectivity index (χ1v) is 9.08. The third-order valence-electron chi connectivity index (χ3n) is 4.11. The maximum atomic E-state index is 10.5. The molecule has 3 heteroatoms. The van der Waals surface area contributed by atoms with Crippen LogP contribution < -0.4 is 4.74 Å². The smallest absolute Gasteiger partial charge is 0.122 e. The van der Waals surface area contributed by atoms with E-state index in [-0.39, 0.29) is 0 Å². The van der Waals surface area contributed by atoms with Crippen molar-refractivity contribution in [2.75, 3.05) is 19.7 Å². The van der Waals surface area contributed by atoms with E-state index in [0.717, 1.165) is 24.4 Å². The average molecular weight is 341 g/mol. The monoisotopic (exact) mass is 341 g/mol. The van der Waals surface area contributed by atoms with Gasteiger partial charge in [-0.3, -0.25) is 4.90 Å². The number of aliphatic hydroxyl groups is 1. The van der Waals surface area contributed by atoms with E-state index in [4.69, 9.17) is 4.74 Å². The molecule has 0 aromatic heterocycles. The number of aryl methyl sites for hydroxylation is 2. The summed E-state index contributed by atoms with van der Waals surface area (Å²) in [5.74, 6) is 1.39. The molecule has 0 fully saturated rings. The molecule has 136 valence electrons. The Balaban J connectivity index is 1.92. The van der Waals surface area contributed by atoms with Crippen molar-refractivity contribution in [3.05, 3.63) is 65.2 Å². The van der Waals surface area contributed by atoms with Gasteiger partial charge in [0.1, 0.15) is 18.5 Å². The summed E-state index contributed by atoms with van der Waals surface area (Å²) in [4.78, 5) is 2.31. The molecule has 0 aliphatic rings. The van der Waals surface area contributed by atoms with Crippen molar-refractivity contribution in [3.63, 3.8) is 0 Å². The highest BCUT2D eigenvalue weighted by atomic mass is 16.5. The molecule has 2 aromatic rings. The first-order chi connectivity index (χ1) is 11.9. The van der Waals surface area contributed by atoms with Crippen molar-refractivity contribution in [1.29, 1.82) is 0 Å². The van der Waals surface area contributed by atoms with E-state index in [1.807, 2.05) is 31.2 Å². The molecule has 25 heavy (non-hydrogen) atoms. The molecule has 1 atom stereocenters. The van der Waals surface area contributed by atoms with E-state index >= 15 is 0 Å². The number of para-hydroxylation sites is 1. The predicted octanol–water partition coefficient (Wildman–Crippen LogP) is 4.20. The van der Waals surface area contributed by atoms with E-state index in [1.54, 1.807) is 0 Å². The van der Waals surface area contributed by atoms with Gasteiger partial charge in [0.15, 0.2) is 0 Å². The molecule has 0 aliphatic heterocycles. The van der Waals surface area contributed by atoms with Crippen molar-refractivity contribution < 1.29 is 9.84 Å². The Bertz CT molecular complexity index is 654. The summed E-state index contributed by atoms with van der Waals surface area (Å²) in [7, 11) is 0. The van der Waals surface area contributed by atoms with Gasteiger partial charge in [0, 0.05) is 19.6 Å². The number of rotatable bonds is 9. The summed E-state index contributed by atoms with van der Waals surface area (Å²) in [6.45, 7) is 11.3. The Morgan fingerprint density at radius 3 is 2.44 bits per heavy atom. The van der Waals surface area contributed by atoms with Crippen molar-refractivity contribution in [1.82, 2.24) is 4.90 Å². The van der Waals surface area contributed by atoms with Crippen LogP contribution in [0, 0.1) is 19.8 Å². The lowest BCUT2D eigenvalue weighted by atomic mass is 10.1. The molecule has 2 rings (SSSR count). The Hall–Kier alpha value is -1.84. The molecule has 0 saturated carbocycles. The number of nitrogens with zero attached hydrogens (tertiary/aromatic N) is 1. The standard InChI is InChI=1S/C22H31NO2/c1-17(2)13-23(14-20-10-7-8-18(3)12-20)15-21(24)16-25-22-11-6-5-9-19(22)4/h5-12,17,21,24H,13-16H2,1-4H3/t21-/m0/s1. The van der Waals surface area contributed by atoms with Crippen LogP contribution in [-0.4, -0.2) is 35.8 Å². The number of benzene rings is 2. The lowest BCUT2D eigenvalue weighted by Crippen LogP contribution is -2.37. The summed E-state index contributed by atoms with van der Waals surface area (Å²) >= 11 is 0. The normalized spacial score (nSPS) is 12.6. The summed E-state index contributed by atoms with van der Waals surface area (Å²) in [6.07, 6.45) is -0.511. The zero-order valence-electron chi connectivity index (χ0n) is 15.9. The minimum Gasteiger partial charge on any atom is -0.491 e. The molecule has 0 aliphatic carbocycles. The summed E-state index contributed by atoms with van der Waals surface area (Å²) in [5, 5.41) is 10.5. The molecule has 0 saturated heterocycles. The van der Waals surface area contributed by atoms with Crippen LogP contribution in [0.25, 0.3) is 0 Å². The fraction of sp³-hybridized carbons (Fsp3) is 0.455. The Labute approximate surface area is 152 Å². The topological polar surface area (TPSA) is 32.7 Å². The van der Waals surface area contributed by atoms with Gasteiger partial charge in [-0.05, 0) is 37.0 Å². The van der Waals surface area contributed by atoms with Crippen LogP contribution in [0.15, 0.2) is 48.5 Å². The number of hydrogen-bond donors (Lipinski definition) is 1. The minimum atomic E-state index is -0.511. The largest absolute Gasteiger partial charge is 0.491 e. The molecular formula is C22H31NO2. The van der Waals surface area contributed by atoms with Crippen LogP contribution in [0.3, 0.4) is 0 Å². The van der Waals surface area contributed by atoms with Crippen molar-refractivity contribution in [3.8, 4) is 5.75 Å². The highest BCUT2D eigenvalue weighted by molar-refractivity contribution is 5.31. The van der Waals surface area contributed by atoms with Crippen LogP contribution in [0.5, 0.6) is 5.75 Å². The van der Waals surface area contributed by atoms with Gasteiger partial charge in [-0.15, -0.1) is 0 Å². The molecule has 0 amide bonds. The predicted molar refractivity (Wildman–Crippen MR) is 104 cm³/mol. The number of hydrogen-bond acceptors (Lipinski definition) is 3. The van der Waals surface area contributed by atoms with E-state index in [0.29, 0.717) is 19.1 Å². The first kappa shape index (κ1) is 19.5. The van der Waals surface area contributed by atoms with E-state index < -0.39 is 6.10 Å². The second-order valence-corrected chi connectivity index (χ2v) is 7.31. The molecule has 0 heterocycles. The molecule has 0 radical (unpaired) electrons. The van der Waals surface area contributed by atoms with E-state index in [1.165, 1.54) is 11.1 Å². The average Bonchev–Trinajstić information content (AvgIpc) is 2.53. The zero-order valence-corrected chi connectivity index (χ0v) is 15.9. The van der Waals surface area contributed by atoms with Gasteiger partial charge in [-0.1, -0.05) is 61.9 Å². The van der Waals surface area contributed by atoms with Gasteiger partial charge in [0.05, 0.1) is 0 Å². The highest BCUT2D eigenvalue weighted by Crippen LogP contribution is 2.17. The van der Waals surface area contributed by atoms with Crippen LogP contribution in [0.2, 0.25) is 0 Å². The van der Waals surface area contributed by atoms with Crippen LogP contribution in [0.4, 0.5) is 0 Å². The molecule has 0 unspecified atom stereocenters. The van der Waals surface area contributed by atoms with Gasteiger partial charge in [-0.25, -0.2) is 0 Å². The fourth-order valence-electron chi connectivity index (χ4n) is 3.04. The maximum Gasteiger partial charge on any atom is 0.122 e. The van der Waals surface area contributed by atoms with Crippen LogP contribution >= 0.6 is 0 Å². The third kappa shape index (κ3) is 6.89. The summed E-state index contributed by atoms with van der Waals surface area (Å²) < 4.78 is 5.80. The van der Waals surface area contributed by atoms with E-state index in [9.17, 15) is 5.11 Å². The quantitative estimate of drug-likeness (QED) is 0.742. The lowest BCUT2D eigenvalue weighted by Gasteiger charge is -2.27. The van der Waals surface area contributed by atoms with Gasteiger partial charge in [0.25, 0.3) is 0 Å². The lowest BCUT2D eigenvalue weighted by molar-refractivity contribution is 0.0613. The maximum absolute atomic E-state index is 10.5. The Morgan fingerprint density at radius 2 is 1.76 bits per heavy atom. The van der Waals surface area contributed by atoms with Gasteiger partial charge in [0.2, 0.25) is 0 Å². The second kappa shape index (κ2) is 9.59. The van der Waals surface area contributed by atoms with Gasteiger partial charge in [-0.2, -0.15) is 0 Å². The van der Waals surface area contributed by atoms with Crippen LogP contribution in [0.1, 0.15) is 30.5 Å². The second-order valence-electron chi connectivity index (χ2n) is 7.31. The number of aliphatic hydroxyl groups excluding tert-OH is 1. The van der Waals surface area contributed by atoms with Crippen LogP contribution in [-0.2, 0) is 6.54 Å². The molecule has 3 nitrogen and oxygen atoms in total. The molecule has 0 spiro atoms. The Kier molecular flexibility index (Phi) is 7.48.